The van der Waals surface area contributed by atoms with E-state index in [0.717, 1.165) is 12.1 Å². The molecular weight excluding hydrogens is 266 g/mol. The second-order valence-corrected chi connectivity index (χ2v) is 4.62. The first kappa shape index (κ1) is 14.1. The van der Waals surface area contributed by atoms with E-state index in [4.69, 9.17) is 0 Å². The first-order valence-electron chi connectivity index (χ1n) is 6.12. The highest BCUT2D eigenvalue weighted by Crippen LogP contribution is 2.10. The Hall–Kier alpha value is -2.31. The summed E-state index contributed by atoms with van der Waals surface area (Å²) in [7, 11) is 0. The molecule has 106 valence electrons. The molecule has 2 aromatic rings. The summed E-state index contributed by atoms with van der Waals surface area (Å²) in [5.74, 6) is -1.16. The van der Waals surface area contributed by atoms with E-state index in [9.17, 15) is 13.6 Å². The number of nitrogens with zero attached hydrogens (tertiary/aromatic N) is 2. The molecule has 2 rings (SSSR count). The molecule has 1 aromatic carbocycles. The number of carbonyl (C=O) groups is 1. The maximum absolute atomic E-state index is 13.4. The Kier molecular flexibility index (Phi) is 4.07. The number of halogens is 2. The lowest BCUT2D eigenvalue weighted by Gasteiger charge is -2.04. The fraction of sp³-hybridized carbons (Fsp3) is 0.308. The number of nitrogens with one attached hydrogen (secondary N) is 2. The maximum atomic E-state index is 13.4. The zero-order chi connectivity index (χ0) is 14.7. The molecule has 0 unspecified atom stereocenters. The fourth-order valence-corrected chi connectivity index (χ4v) is 1.55. The Labute approximate surface area is 114 Å². The van der Waals surface area contributed by atoms with Crippen molar-refractivity contribution in [2.24, 2.45) is 0 Å². The van der Waals surface area contributed by atoms with Crippen molar-refractivity contribution in [2.45, 2.75) is 26.3 Å². The second-order valence-electron chi connectivity index (χ2n) is 4.62. The molecule has 5 nitrogen and oxygen atoms in total. The van der Waals surface area contributed by atoms with E-state index in [1.54, 1.807) is 0 Å². The van der Waals surface area contributed by atoms with E-state index in [1.807, 2.05) is 13.8 Å². The highest BCUT2D eigenvalue weighted by atomic mass is 19.1. The largest absolute Gasteiger partial charge is 0.345 e. The van der Waals surface area contributed by atoms with Crippen LogP contribution >= 0.6 is 0 Å². The lowest BCUT2D eigenvalue weighted by molar-refractivity contribution is 0.0940. The summed E-state index contributed by atoms with van der Waals surface area (Å²) in [6.07, 6.45) is 0. The standard InChI is InChI=1S/C13H14F2N4O/c1-7(2)11-17-12(19-18-11)13(20)16-6-8-3-4-9(14)5-10(8)15/h3-5,7H,6H2,1-2H3,(H,16,20)(H,17,18,19). The fourth-order valence-electron chi connectivity index (χ4n) is 1.55. The van der Waals surface area contributed by atoms with Crippen LogP contribution in [0.5, 0.6) is 0 Å². The van der Waals surface area contributed by atoms with Gasteiger partial charge in [0, 0.05) is 24.1 Å². The number of rotatable bonds is 4. The summed E-state index contributed by atoms with van der Waals surface area (Å²) in [6, 6.07) is 3.18. The van der Waals surface area contributed by atoms with Crippen LogP contribution in [0.2, 0.25) is 0 Å². The van der Waals surface area contributed by atoms with Crippen molar-refractivity contribution in [3.63, 3.8) is 0 Å². The van der Waals surface area contributed by atoms with Gasteiger partial charge in [0.15, 0.2) is 0 Å². The molecule has 0 aliphatic rings. The quantitative estimate of drug-likeness (QED) is 0.901. The zero-order valence-electron chi connectivity index (χ0n) is 11.1. The predicted octanol–water partition coefficient (Wildman–Crippen LogP) is 2.14. The normalized spacial score (nSPS) is 10.8. The van der Waals surface area contributed by atoms with Crippen molar-refractivity contribution in [2.75, 3.05) is 0 Å². The third-order valence-electron chi connectivity index (χ3n) is 2.71. The predicted molar refractivity (Wildman–Crippen MR) is 68.0 cm³/mol. The summed E-state index contributed by atoms with van der Waals surface area (Å²) < 4.78 is 26.1. The third kappa shape index (κ3) is 3.17. The Morgan fingerprint density at radius 1 is 1.40 bits per heavy atom. The van der Waals surface area contributed by atoms with Crippen molar-refractivity contribution in [3.8, 4) is 0 Å². The van der Waals surface area contributed by atoms with Gasteiger partial charge in [0.1, 0.15) is 17.5 Å². The Morgan fingerprint density at radius 2 is 2.15 bits per heavy atom. The number of benzene rings is 1. The van der Waals surface area contributed by atoms with E-state index in [2.05, 4.69) is 20.5 Å². The Balaban J connectivity index is 2.01. The highest BCUT2D eigenvalue weighted by molar-refractivity contribution is 5.90. The molecule has 2 N–H and O–H groups in total. The lowest BCUT2D eigenvalue weighted by Crippen LogP contribution is -2.24. The van der Waals surface area contributed by atoms with Gasteiger partial charge in [0.2, 0.25) is 5.82 Å². The molecular formula is C13H14F2N4O. The number of carbonyl (C=O) groups excluding carboxylic acids is 1. The number of amides is 1. The summed E-state index contributed by atoms with van der Waals surface area (Å²) in [6.45, 7) is 3.77. The molecule has 0 saturated heterocycles. The van der Waals surface area contributed by atoms with Gasteiger partial charge in [0.05, 0.1) is 0 Å². The summed E-state index contributed by atoms with van der Waals surface area (Å²) in [5.41, 5.74) is 0.194. The van der Waals surface area contributed by atoms with Crippen LogP contribution in [-0.2, 0) is 6.54 Å². The molecule has 0 spiro atoms. The third-order valence-corrected chi connectivity index (χ3v) is 2.71. The van der Waals surface area contributed by atoms with Crippen LogP contribution in [0.1, 0.15) is 41.8 Å². The van der Waals surface area contributed by atoms with Crippen LogP contribution in [0.3, 0.4) is 0 Å². The minimum absolute atomic E-state index is 0.00350. The van der Waals surface area contributed by atoms with Crippen LogP contribution in [-0.4, -0.2) is 21.1 Å². The summed E-state index contributed by atoms with van der Waals surface area (Å²) >= 11 is 0. The van der Waals surface area contributed by atoms with Gasteiger partial charge in [-0.1, -0.05) is 19.9 Å². The first-order chi connectivity index (χ1) is 9.47. The minimum Gasteiger partial charge on any atom is -0.345 e. The molecule has 0 atom stereocenters. The molecule has 1 aromatic heterocycles. The average Bonchev–Trinajstić information content (AvgIpc) is 2.87. The highest BCUT2D eigenvalue weighted by Gasteiger charge is 2.14. The van der Waals surface area contributed by atoms with Crippen LogP contribution in [0, 0.1) is 11.6 Å². The van der Waals surface area contributed by atoms with E-state index >= 15 is 0 Å². The number of hydrogen-bond acceptors (Lipinski definition) is 3. The Morgan fingerprint density at radius 3 is 2.75 bits per heavy atom. The molecule has 0 radical (unpaired) electrons. The van der Waals surface area contributed by atoms with Gasteiger partial charge in [0.25, 0.3) is 5.91 Å². The SMILES string of the molecule is CC(C)c1nc(C(=O)NCc2ccc(F)cc2F)n[nH]1. The molecule has 0 aliphatic heterocycles. The van der Waals surface area contributed by atoms with E-state index in [0.29, 0.717) is 5.82 Å². The average molecular weight is 280 g/mol. The monoisotopic (exact) mass is 280 g/mol. The number of H-pyrrole nitrogens is 1. The van der Waals surface area contributed by atoms with Gasteiger partial charge in [-0.05, 0) is 6.07 Å². The van der Waals surface area contributed by atoms with Crippen LogP contribution < -0.4 is 5.32 Å². The first-order valence-corrected chi connectivity index (χ1v) is 6.12. The van der Waals surface area contributed by atoms with Crippen molar-refractivity contribution in [3.05, 3.63) is 47.0 Å². The van der Waals surface area contributed by atoms with Gasteiger partial charge in [-0.25, -0.2) is 13.8 Å². The number of aromatic nitrogens is 3. The molecule has 20 heavy (non-hydrogen) atoms. The molecule has 0 saturated carbocycles. The molecule has 0 bridgehead atoms. The molecule has 7 heteroatoms. The van der Waals surface area contributed by atoms with Gasteiger partial charge in [-0.3, -0.25) is 9.89 Å². The minimum atomic E-state index is -0.705. The van der Waals surface area contributed by atoms with E-state index < -0.39 is 17.5 Å². The number of hydrogen-bond donors (Lipinski definition) is 2. The van der Waals surface area contributed by atoms with Crippen molar-refractivity contribution in [1.29, 1.82) is 0 Å². The Bertz CT molecular complexity index is 625. The lowest BCUT2D eigenvalue weighted by atomic mass is 10.2. The van der Waals surface area contributed by atoms with Gasteiger partial charge >= 0.3 is 0 Å². The molecule has 1 heterocycles. The maximum Gasteiger partial charge on any atom is 0.291 e. The summed E-state index contributed by atoms with van der Waals surface area (Å²) in [5, 5.41) is 8.92. The molecule has 1 amide bonds. The molecule has 0 fully saturated rings. The summed E-state index contributed by atoms with van der Waals surface area (Å²) in [4.78, 5) is 15.8. The van der Waals surface area contributed by atoms with E-state index in [1.165, 1.54) is 6.07 Å². The van der Waals surface area contributed by atoms with Gasteiger partial charge in [-0.15, -0.1) is 5.10 Å². The topological polar surface area (TPSA) is 70.7 Å². The molecule has 0 aliphatic carbocycles. The van der Waals surface area contributed by atoms with Crippen LogP contribution in [0.4, 0.5) is 8.78 Å². The van der Waals surface area contributed by atoms with E-state index in [-0.39, 0.29) is 23.9 Å². The van der Waals surface area contributed by atoms with Crippen molar-refractivity contribution >= 4 is 5.91 Å². The zero-order valence-corrected chi connectivity index (χ0v) is 11.1. The van der Waals surface area contributed by atoms with Crippen LogP contribution in [0.25, 0.3) is 0 Å². The smallest absolute Gasteiger partial charge is 0.291 e. The van der Waals surface area contributed by atoms with Crippen LogP contribution in [0.15, 0.2) is 18.2 Å². The second kappa shape index (κ2) is 5.77. The van der Waals surface area contributed by atoms with Crippen molar-refractivity contribution in [1.82, 2.24) is 20.5 Å². The van der Waals surface area contributed by atoms with Crippen molar-refractivity contribution < 1.29 is 13.6 Å². The number of aromatic amines is 1. The van der Waals surface area contributed by atoms with Gasteiger partial charge in [-0.2, -0.15) is 0 Å². The van der Waals surface area contributed by atoms with Gasteiger partial charge < -0.3 is 5.32 Å².